The Morgan fingerprint density at radius 2 is 1.88 bits per heavy atom. The average Bonchev–Trinajstić information content (AvgIpc) is 3.09. The number of hydrogen-bond acceptors (Lipinski definition) is 5. The Labute approximate surface area is 137 Å². The van der Waals surface area contributed by atoms with Crippen molar-refractivity contribution < 1.29 is 9.84 Å². The number of phenols is 1. The third-order valence-corrected chi connectivity index (χ3v) is 3.86. The van der Waals surface area contributed by atoms with Crippen molar-refractivity contribution in [2.24, 2.45) is 10.2 Å². The van der Waals surface area contributed by atoms with Gasteiger partial charge in [-0.15, -0.1) is 5.11 Å². The molecule has 1 heterocycles. The zero-order valence-electron chi connectivity index (χ0n) is 12.9. The van der Waals surface area contributed by atoms with E-state index in [2.05, 4.69) is 20.2 Å². The summed E-state index contributed by atoms with van der Waals surface area (Å²) < 4.78 is 5.40. The molecule has 0 spiro atoms. The van der Waals surface area contributed by atoms with Crippen LogP contribution in [0.15, 0.2) is 65.1 Å². The van der Waals surface area contributed by atoms with Crippen molar-refractivity contribution in [3.8, 4) is 11.5 Å². The maximum Gasteiger partial charge on any atom is 0.151 e. The number of rotatable bonds is 3. The smallest absolute Gasteiger partial charge is 0.151 e. The lowest BCUT2D eigenvalue weighted by Gasteiger charge is -2.09. The van der Waals surface area contributed by atoms with Gasteiger partial charge in [0.2, 0.25) is 0 Å². The maximum absolute atomic E-state index is 10.5. The van der Waals surface area contributed by atoms with Crippen LogP contribution in [0.4, 0.5) is 11.4 Å². The van der Waals surface area contributed by atoms with E-state index in [9.17, 15) is 5.11 Å². The van der Waals surface area contributed by atoms with Crippen LogP contribution in [-0.4, -0.2) is 22.2 Å². The van der Waals surface area contributed by atoms with Crippen LogP contribution in [0.3, 0.4) is 0 Å². The molecule has 0 atom stereocenters. The molecular formula is C18H14N4O2. The van der Waals surface area contributed by atoms with E-state index in [0.717, 1.165) is 16.4 Å². The lowest BCUT2D eigenvalue weighted by molar-refractivity contribution is 0.418. The van der Waals surface area contributed by atoms with E-state index in [-0.39, 0.29) is 5.75 Å². The molecule has 0 saturated heterocycles. The highest BCUT2D eigenvalue weighted by atomic mass is 16.5. The quantitative estimate of drug-likeness (QED) is 0.530. The van der Waals surface area contributed by atoms with Crippen LogP contribution in [0.5, 0.6) is 11.5 Å². The van der Waals surface area contributed by atoms with E-state index >= 15 is 0 Å². The molecule has 0 bridgehead atoms. The number of fused-ring (bicyclic) bond motifs is 2. The van der Waals surface area contributed by atoms with Crippen molar-refractivity contribution in [2.75, 3.05) is 7.11 Å². The van der Waals surface area contributed by atoms with Gasteiger partial charge in [-0.2, -0.15) is 5.11 Å². The highest BCUT2D eigenvalue weighted by Crippen LogP contribution is 2.41. The third-order valence-electron chi connectivity index (χ3n) is 3.86. The van der Waals surface area contributed by atoms with Crippen LogP contribution in [0.2, 0.25) is 0 Å². The largest absolute Gasteiger partial charge is 0.505 e. The number of aromatic nitrogens is 2. The van der Waals surface area contributed by atoms with Crippen LogP contribution in [0.25, 0.3) is 21.8 Å². The summed E-state index contributed by atoms with van der Waals surface area (Å²) in [5.41, 5.74) is 2.77. The standard InChI is InChI=1S/C18H14N4O2/c1-24-17-9-16(18(23)13-5-3-2-4-12(13)17)22-21-11-6-7-14-15(8-11)20-10-19-14/h2-10,23H,1H3,(H,19,20). The first-order chi connectivity index (χ1) is 11.8. The Morgan fingerprint density at radius 3 is 2.71 bits per heavy atom. The Bertz CT molecular complexity index is 1070. The number of azo groups is 1. The number of nitrogens with zero attached hydrogens (tertiary/aromatic N) is 3. The van der Waals surface area contributed by atoms with Gasteiger partial charge in [-0.25, -0.2) is 4.98 Å². The number of aromatic hydroxyl groups is 1. The summed E-state index contributed by atoms with van der Waals surface area (Å²) in [6.45, 7) is 0. The van der Waals surface area contributed by atoms with Gasteiger partial charge in [0.1, 0.15) is 11.4 Å². The molecule has 6 nitrogen and oxygen atoms in total. The molecule has 6 heteroatoms. The van der Waals surface area contributed by atoms with Gasteiger partial charge in [0.05, 0.1) is 30.2 Å². The molecule has 0 amide bonds. The number of nitrogens with one attached hydrogen (secondary N) is 1. The Kier molecular flexibility index (Phi) is 3.35. The van der Waals surface area contributed by atoms with Gasteiger partial charge in [0.15, 0.2) is 5.75 Å². The van der Waals surface area contributed by atoms with Crippen LogP contribution in [0.1, 0.15) is 0 Å². The molecule has 4 aromatic rings. The first-order valence-corrected chi connectivity index (χ1v) is 7.40. The van der Waals surface area contributed by atoms with Gasteiger partial charge in [-0.3, -0.25) is 0 Å². The van der Waals surface area contributed by atoms with Crippen LogP contribution >= 0.6 is 0 Å². The number of ether oxygens (including phenoxy) is 1. The van der Waals surface area contributed by atoms with Crippen LogP contribution in [-0.2, 0) is 0 Å². The summed E-state index contributed by atoms with van der Waals surface area (Å²) in [4.78, 5) is 7.19. The fourth-order valence-corrected chi connectivity index (χ4v) is 2.66. The van der Waals surface area contributed by atoms with Gasteiger partial charge in [-0.05, 0) is 18.2 Å². The van der Waals surface area contributed by atoms with Crippen molar-refractivity contribution in [3.05, 3.63) is 54.9 Å². The van der Waals surface area contributed by atoms with Gasteiger partial charge in [-0.1, -0.05) is 24.3 Å². The molecule has 0 aliphatic carbocycles. The van der Waals surface area contributed by atoms with Crippen molar-refractivity contribution in [2.45, 2.75) is 0 Å². The zero-order valence-corrected chi connectivity index (χ0v) is 12.9. The van der Waals surface area contributed by atoms with E-state index in [1.165, 1.54) is 0 Å². The fraction of sp³-hybridized carbons (Fsp3) is 0.0556. The average molecular weight is 318 g/mol. The molecule has 118 valence electrons. The summed E-state index contributed by atoms with van der Waals surface area (Å²) in [5.74, 6) is 0.721. The fourth-order valence-electron chi connectivity index (χ4n) is 2.66. The third kappa shape index (κ3) is 2.34. The first kappa shape index (κ1) is 14.2. The second kappa shape index (κ2) is 5.66. The minimum Gasteiger partial charge on any atom is -0.505 e. The van der Waals surface area contributed by atoms with E-state index < -0.39 is 0 Å². The second-order valence-corrected chi connectivity index (χ2v) is 5.30. The zero-order chi connectivity index (χ0) is 16.5. The number of H-pyrrole nitrogens is 1. The summed E-state index contributed by atoms with van der Waals surface area (Å²) in [6.07, 6.45) is 1.63. The Balaban J connectivity index is 1.79. The van der Waals surface area contributed by atoms with Crippen LogP contribution < -0.4 is 4.74 Å². The molecule has 0 saturated carbocycles. The van der Waals surface area contributed by atoms with Gasteiger partial charge in [0, 0.05) is 16.8 Å². The number of methoxy groups -OCH3 is 1. The SMILES string of the molecule is COc1cc(N=Nc2ccc3nc[nH]c3c2)c(O)c2ccccc12. The summed E-state index contributed by atoms with van der Waals surface area (Å²) >= 11 is 0. The van der Waals surface area contributed by atoms with E-state index in [1.54, 1.807) is 19.5 Å². The summed E-state index contributed by atoms with van der Waals surface area (Å²) in [7, 11) is 1.59. The molecule has 3 aromatic carbocycles. The first-order valence-electron chi connectivity index (χ1n) is 7.40. The number of hydrogen-bond donors (Lipinski definition) is 2. The number of imidazole rings is 1. The molecule has 0 fully saturated rings. The summed E-state index contributed by atoms with van der Waals surface area (Å²) in [6, 6.07) is 14.7. The number of benzene rings is 3. The molecule has 4 rings (SSSR count). The molecule has 0 aliphatic heterocycles. The highest BCUT2D eigenvalue weighted by Gasteiger charge is 2.11. The predicted molar refractivity (Wildman–Crippen MR) is 92.4 cm³/mol. The number of phenolic OH excluding ortho intramolecular Hbond substituents is 1. The van der Waals surface area contributed by atoms with E-state index in [0.29, 0.717) is 22.5 Å². The molecule has 0 radical (unpaired) electrons. The van der Waals surface area contributed by atoms with Crippen molar-refractivity contribution in [1.29, 1.82) is 0 Å². The van der Waals surface area contributed by atoms with Gasteiger partial charge in [0.25, 0.3) is 0 Å². The Morgan fingerprint density at radius 1 is 1.04 bits per heavy atom. The van der Waals surface area contributed by atoms with Gasteiger partial charge < -0.3 is 14.8 Å². The van der Waals surface area contributed by atoms with Crippen molar-refractivity contribution in [3.63, 3.8) is 0 Å². The molecule has 1 aromatic heterocycles. The monoisotopic (exact) mass is 318 g/mol. The van der Waals surface area contributed by atoms with Crippen LogP contribution in [0, 0.1) is 0 Å². The van der Waals surface area contributed by atoms with Crippen molar-refractivity contribution in [1.82, 2.24) is 9.97 Å². The highest BCUT2D eigenvalue weighted by molar-refractivity contribution is 5.97. The minimum atomic E-state index is 0.0813. The maximum atomic E-state index is 10.5. The predicted octanol–water partition coefficient (Wildman–Crippen LogP) is 4.85. The molecular weight excluding hydrogens is 304 g/mol. The normalized spacial score (nSPS) is 11.5. The lowest BCUT2D eigenvalue weighted by Crippen LogP contribution is -1.85. The minimum absolute atomic E-state index is 0.0813. The Hall–Kier alpha value is -3.41. The second-order valence-electron chi connectivity index (χ2n) is 5.30. The van der Waals surface area contributed by atoms with Gasteiger partial charge >= 0.3 is 0 Å². The number of aromatic amines is 1. The molecule has 0 aliphatic rings. The summed E-state index contributed by atoms with van der Waals surface area (Å²) in [5, 5.41) is 20.4. The topological polar surface area (TPSA) is 82.9 Å². The molecule has 2 N–H and O–H groups in total. The van der Waals surface area contributed by atoms with Crippen molar-refractivity contribution >= 4 is 33.2 Å². The lowest BCUT2D eigenvalue weighted by atomic mass is 10.1. The van der Waals surface area contributed by atoms with E-state index in [4.69, 9.17) is 4.74 Å². The van der Waals surface area contributed by atoms with E-state index in [1.807, 2.05) is 42.5 Å². The molecule has 24 heavy (non-hydrogen) atoms. The molecule has 0 unspecified atom stereocenters.